The lowest BCUT2D eigenvalue weighted by molar-refractivity contribution is 0.552. The van der Waals surface area contributed by atoms with Crippen molar-refractivity contribution in [2.24, 2.45) is 5.84 Å². The zero-order valence-electron chi connectivity index (χ0n) is 9.74. The summed E-state index contributed by atoms with van der Waals surface area (Å²) >= 11 is 9.35. The molecule has 1 unspecified atom stereocenters. The van der Waals surface area contributed by atoms with Crippen LogP contribution in [-0.4, -0.2) is 0 Å². The highest BCUT2D eigenvalue weighted by Gasteiger charge is 2.10. The number of benzene rings is 2. The van der Waals surface area contributed by atoms with Gasteiger partial charge in [-0.25, -0.2) is 0 Å². The Hall–Kier alpha value is -0.870. The molecule has 2 aromatic carbocycles. The number of hydrazine groups is 1. The fourth-order valence-corrected chi connectivity index (χ4v) is 2.44. The zero-order valence-corrected chi connectivity index (χ0v) is 12.1. The van der Waals surface area contributed by atoms with Gasteiger partial charge in [-0.2, -0.15) is 0 Å². The minimum atomic E-state index is 0.0802. The van der Waals surface area contributed by atoms with Gasteiger partial charge in [0.05, 0.1) is 0 Å². The average molecular weight is 326 g/mol. The van der Waals surface area contributed by atoms with E-state index in [0.717, 1.165) is 21.5 Å². The van der Waals surface area contributed by atoms with Crippen LogP contribution in [0.4, 0.5) is 0 Å². The molecule has 18 heavy (non-hydrogen) atoms. The maximum absolute atomic E-state index is 5.88. The van der Waals surface area contributed by atoms with E-state index >= 15 is 0 Å². The van der Waals surface area contributed by atoms with Gasteiger partial charge in [0.25, 0.3) is 0 Å². The molecule has 2 nitrogen and oxygen atoms in total. The van der Waals surface area contributed by atoms with E-state index in [1.807, 2.05) is 36.4 Å². The molecule has 1 atom stereocenters. The van der Waals surface area contributed by atoms with Crippen molar-refractivity contribution in [3.05, 3.63) is 69.2 Å². The van der Waals surface area contributed by atoms with Crippen LogP contribution in [0.15, 0.2) is 53.0 Å². The Kier molecular flexibility index (Phi) is 4.78. The van der Waals surface area contributed by atoms with Gasteiger partial charge in [0.1, 0.15) is 0 Å². The second kappa shape index (κ2) is 6.34. The van der Waals surface area contributed by atoms with E-state index < -0.39 is 0 Å². The Morgan fingerprint density at radius 1 is 1.17 bits per heavy atom. The van der Waals surface area contributed by atoms with E-state index in [1.165, 1.54) is 5.56 Å². The predicted molar refractivity (Wildman–Crippen MR) is 79.4 cm³/mol. The monoisotopic (exact) mass is 324 g/mol. The Morgan fingerprint density at radius 2 is 1.89 bits per heavy atom. The van der Waals surface area contributed by atoms with Gasteiger partial charge in [0.15, 0.2) is 0 Å². The predicted octanol–water partition coefficient (Wildman–Crippen LogP) is 3.85. The molecule has 0 saturated carbocycles. The maximum atomic E-state index is 5.88. The summed E-state index contributed by atoms with van der Waals surface area (Å²) in [5.41, 5.74) is 5.20. The molecular formula is C14H14BrClN2. The van der Waals surface area contributed by atoms with Crippen molar-refractivity contribution in [3.63, 3.8) is 0 Å². The quantitative estimate of drug-likeness (QED) is 0.662. The SMILES string of the molecule is NNC(Cc1cccc(Br)c1)c1ccc(Cl)cc1. The normalized spacial score (nSPS) is 12.4. The first-order valence-electron chi connectivity index (χ1n) is 5.65. The van der Waals surface area contributed by atoms with Gasteiger partial charge < -0.3 is 0 Å². The van der Waals surface area contributed by atoms with Crippen molar-refractivity contribution >= 4 is 27.5 Å². The Balaban J connectivity index is 2.17. The summed E-state index contributed by atoms with van der Waals surface area (Å²) in [5, 5.41) is 0.733. The lowest BCUT2D eigenvalue weighted by atomic mass is 9.99. The molecule has 2 aromatic rings. The first kappa shape index (κ1) is 13.6. The fourth-order valence-electron chi connectivity index (χ4n) is 1.87. The van der Waals surface area contributed by atoms with E-state index in [1.54, 1.807) is 0 Å². The summed E-state index contributed by atoms with van der Waals surface area (Å²) in [6, 6.07) is 16.0. The molecule has 0 radical (unpaired) electrons. The third-order valence-corrected chi connectivity index (χ3v) is 3.55. The number of rotatable bonds is 4. The van der Waals surface area contributed by atoms with Gasteiger partial charge in [-0.3, -0.25) is 11.3 Å². The van der Waals surface area contributed by atoms with Gasteiger partial charge in [-0.05, 0) is 41.8 Å². The summed E-state index contributed by atoms with van der Waals surface area (Å²) in [4.78, 5) is 0. The first-order chi connectivity index (χ1) is 8.69. The van der Waals surface area contributed by atoms with Crippen LogP contribution >= 0.6 is 27.5 Å². The van der Waals surface area contributed by atoms with Crippen LogP contribution in [0.25, 0.3) is 0 Å². The number of hydrogen-bond donors (Lipinski definition) is 2. The highest BCUT2D eigenvalue weighted by molar-refractivity contribution is 9.10. The Bertz CT molecular complexity index is 513. The molecule has 0 saturated heterocycles. The van der Waals surface area contributed by atoms with Crippen molar-refractivity contribution in [1.82, 2.24) is 5.43 Å². The van der Waals surface area contributed by atoms with Crippen LogP contribution in [0.5, 0.6) is 0 Å². The molecule has 0 heterocycles. The summed E-state index contributed by atoms with van der Waals surface area (Å²) < 4.78 is 1.08. The average Bonchev–Trinajstić information content (AvgIpc) is 2.37. The van der Waals surface area contributed by atoms with E-state index in [2.05, 4.69) is 33.5 Å². The van der Waals surface area contributed by atoms with Crippen LogP contribution in [-0.2, 0) is 6.42 Å². The standard InChI is InChI=1S/C14H14BrClN2/c15-12-3-1-2-10(8-12)9-14(18-17)11-4-6-13(16)7-5-11/h1-8,14,18H,9,17H2. The van der Waals surface area contributed by atoms with Gasteiger partial charge >= 0.3 is 0 Å². The molecule has 0 aliphatic heterocycles. The van der Waals surface area contributed by atoms with Crippen LogP contribution in [0.2, 0.25) is 5.02 Å². The lowest BCUT2D eigenvalue weighted by Crippen LogP contribution is -2.29. The van der Waals surface area contributed by atoms with Crippen molar-refractivity contribution < 1.29 is 0 Å². The highest BCUT2D eigenvalue weighted by Crippen LogP contribution is 2.21. The van der Waals surface area contributed by atoms with E-state index in [4.69, 9.17) is 17.4 Å². The second-order valence-corrected chi connectivity index (χ2v) is 5.46. The van der Waals surface area contributed by atoms with Crippen molar-refractivity contribution in [2.45, 2.75) is 12.5 Å². The minimum Gasteiger partial charge on any atom is -0.271 e. The smallest absolute Gasteiger partial charge is 0.0500 e. The molecule has 3 N–H and O–H groups in total. The number of nitrogens with one attached hydrogen (secondary N) is 1. The van der Waals surface area contributed by atoms with Gasteiger partial charge in [0.2, 0.25) is 0 Å². The number of halogens is 2. The molecule has 0 fully saturated rings. The molecule has 0 amide bonds. The van der Waals surface area contributed by atoms with E-state index in [9.17, 15) is 0 Å². The van der Waals surface area contributed by atoms with Gasteiger partial charge in [-0.15, -0.1) is 0 Å². The third kappa shape index (κ3) is 3.56. The van der Waals surface area contributed by atoms with Crippen molar-refractivity contribution in [1.29, 1.82) is 0 Å². The second-order valence-electron chi connectivity index (χ2n) is 4.10. The summed E-state index contributed by atoms with van der Waals surface area (Å²) in [7, 11) is 0. The molecule has 0 spiro atoms. The lowest BCUT2D eigenvalue weighted by Gasteiger charge is -2.16. The van der Waals surface area contributed by atoms with Gasteiger partial charge in [0, 0.05) is 15.5 Å². The fraction of sp³-hybridized carbons (Fsp3) is 0.143. The van der Waals surface area contributed by atoms with Gasteiger partial charge in [-0.1, -0.05) is 51.8 Å². The van der Waals surface area contributed by atoms with Crippen LogP contribution in [0.1, 0.15) is 17.2 Å². The van der Waals surface area contributed by atoms with Crippen LogP contribution in [0.3, 0.4) is 0 Å². The highest BCUT2D eigenvalue weighted by atomic mass is 79.9. The Morgan fingerprint density at radius 3 is 2.50 bits per heavy atom. The first-order valence-corrected chi connectivity index (χ1v) is 6.82. The summed E-state index contributed by atoms with van der Waals surface area (Å²) in [6.07, 6.45) is 0.831. The molecule has 0 aromatic heterocycles. The molecule has 0 aliphatic rings. The van der Waals surface area contributed by atoms with Crippen molar-refractivity contribution in [3.8, 4) is 0 Å². The maximum Gasteiger partial charge on any atom is 0.0500 e. The largest absolute Gasteiger partial charge is 0.271 e. The number of hydrogen-bond acceptors (Lipinski definition) is 2. The molecule has 0 bridgehead atoms. The van der Waals surface area contributed by atoms with Crippen LogP contribution in [0, 0.1) is 0 Å². The van der Waals surface area contributed by atoms with Crippen LogP contribution < -0.4 is 11.3 Å². The molecule has 2 rings (SSSR count). The van der Waals surface area contributed by atoms with E-state index in [0.29, 0.717) is 0 Å². The minimum absolute atomic E-state index is 0.0802. The molecule has 0 aliphatic carbocycles. The summed E-state index contributed by atoms with van der Waals surface area (Å²) in [6.45, 7) is 0. The van der Waals surface area contributed by atoms with Crippen molar-refractivity contribution in [2.75, 3.05) is 0 Å². The van der Waals surface area contributed by atoms with E-state index in [-0.39, 0.29) is 6.04 Å². The number of nitrogens with two attached hydrogens (primary N) is 1. The topological polar surface area (TPSA) is 38.0 Å². The molecular weight excluding hydrogens is 312 g/mol. The Labute approximate surface area is 120 Å². The summed E-state index contributed by atoms with van der Waals surface area (Å²) in [5.74, 6) is 5.63. The third-order valence-electron chi connectivity index (χ3n) is 2.80. The molecule has 4 heteroatoms. The zero-order chi connectivity index (χ0) is 13.0. The molecule has 94 valence electrons.